The first-order chi connectivity index (χ1) is 14.8. The maximum atomic E-state index is 12.7. The molecule has 0 spiro atoms. The number of nitrogens with zero attached hydrogens (tertiary/aromatic N) is 2. The molecule has 0 fully saturated rings. The van der Waals surface area contributed by atoms with E-state index in [0.29, 0.717) is 29.0 Å². The number of ketones is 1. The van der Waals surface area contributed by atoms with Crippen molar-refractivity contribution in [2.75, 3.05) is 0 Å². The molecule has 4 rings (SSSR count). The normalized spacial score (nSPS) is 10.8. The Balaban J connectivity index is 1.52. The van der Waals surface area contributed by atoms with Crippen LogP contribution in [0.3, 0.4) is 0 Å². The summed E-state index contributed by atoms with van der Waals surface area (Å²) in [5.74, 6) is 1.47. The van der Waals surface area contributed by atoms with Crippen molar-refractivity contribution in [3.63, 3.8) is 0 Å². The molecule has 4 aromatic rings. The van der Waals surface area contributed by atoms with Gasteiger partial charge in [-0.15, -0.1) is 0 Å². The fourth-order valence-electron chi connectivity index (χ4n) is 3.45. The van der Waals surface area contributed by atoms with Crippen LogP contribution >= 0.6 is 0 Å². The van der Waals surface area contributed by atoms with Crippen LogP contribution in [-0.4, -0.2) is 31.6 Å². The number of Topliss-reactive ketones (excluding diaryl/α,β-unsaturated/α-hetero) is 1. The van der Waals surface area contributed by atoms with Gasteiger partial charge in [-0.25, -0.2) is 0 Å². The highest BCUT2D eigenvalue weighted by molar-refractivity contribution is 6.22. The third kappa shape index (κ3) is 4.46. The minimum absolute atomic E-state index is 0.151. The maximum Gasteiger partial charge on any atom is 0.882 e. The zero-order valence-corrected chi connectivity index (χ0v) is 18.0. The molecule has 0 unspecified atom stereocenters. The van der Waals surface area contributed by atoms with E-state index in [2.05, 4.69) is 16.9 Å². The van der Waals surface area contributed by atoms with Crippen LogP contribution in [-0.2, 0) is 0 Å². The lowest BCUT2D eigenvalue weighted by Gasteiger charge is -2.13. The Morgan fingerprint density at radius 2 is 1.60 bits per heavy atom. The lowest BCUT2D eigenvalue weighted by atomic mass is 10.00. The maximum absolute atomic E-state index is 12.7. The van der Waals surface area contributed by atoms with Crippen LogP contribution in [0.25, 0.3) is 21.8 Å². The van der Waals surface area contributed by atoms with Gasteiger partial charge in [-0.2, -0.15) is 0 Å². The predicted molar refractivity (Wildman–Crippen MR) is 119 cm³/mol. The molecular weight excluding hydrogens is 391 g/mol. The SMILES string of the molecule is CCCCCC(=O)c1ccc([O][Al][O]c2cccc3cccnc23)c2ncccc12. The first kappa shape index (κ1) is 20.3. The summed E-state index contributed by atoms with van der Waals surface area (Å²) in [5.41, 5.74) is 2.20. The van der Waals surface area contributed by atoms with E-state index in [1.54, 1.807) is 12.4 Å². The Bertz CT molecular complexity index is 1170. The average molecular weight is 413 g/mol. The van der Waals surface area contributed by atoms with Gasteiger partial charge in [0.15, 0.2) is 5.78 Å². The van der Waals surface area contributed by atoms with Crippen LogP contribution in [0.2, 0.25) is 0 Å². The lowest BCUT2D eigenvalue weighted by Crippen LogP contribution is -2.12. The summed E-state index contributed by atoms with van der Waals surface area (Å²) in [6, 6.07) is 17.2. The number of fused-ring (bicyclic) bond motifs is 2. The van der Waals surface area contributed by atoms with E-state index in [-0.39, 0.29) is 5.78 Å². The van der Waals surface area contributed by atoms with Gasteiger partial charge >= 0.3 is 15.9 Å². The van der Waals surface area contributed by atoms with E-state index >= 15 is 0 Å². The second-order valence-corrected chi connectivity index (χ2v) is 7.72. The summed E-state index contributed by atoms with van der Waals surface area (Å²) in [7, 11) is 0. The molecule has 0 bridgehead atoms. The van der Waals surface area contributed by atoms with Crippen LogP contribution in [0.5, 0.6) is 11.5 Å². The monoisotopic (exact) mass is 413 g/mol. The second kappa shape index (κ2) is 9.71. The third-order valence-corrected chi connectivity index (χ3v) is 5.69. The Morgan fingerprint density at radius 3 is 2.43 bits per heavy atom. The van der Waals surface area contributed by atoms with Gasteiger partial charge in [-0.1, -0.05) is 44.0 Å². The Kier molecular flexibility index (Phi) is 6.58. The molecular formula is C24H22AlN2O3. The zero-order valence-electron chi connectivity index (χ0n) is 16.9. The van der Waals surface area contributed by atoms with Crippen molar-refractivity contribution < 1.29 is 12.4 Å². The van der Waals surface area contributed by atoms with E-state index in [4.69, 9.17) is 7.58 Å². The van der Waals surface area contributed by atoms with Gasteiger partial charge in [-0.05, 0) is 36.8 Å². The standard InChI is InChI=1S/C15H17NO2.C9H7NO.Al/c1-2-3-4-7-13(17)11-8-9-14(18)15-12(11)6-5-10-16-15;11-8-5-1-3-7-4-2-6-10-9(7)8;/h5-6,8-10,18H,2-4,7H2,1H3;1-6,11H;/q;;+2/p-2. The number of aromatic nitrogens is 2. The number of pyridine rings is 2. The van der Waals surface area contributed by atoms with Crippen LogP contribution < -0.4 is 7.58 Å². The molecule has 0 saturated carbocycles. The van der Waals surface area contributed by atoms with Crippen molar-refractivity contribution in [3.05, 3.63) is 72.6 Å². The van der Waals surface area contributed by atoms with Gasteiger partial charge in [0.25, 0.3) is 0 Å². The molecule has 0 N–H and O–H groups in total. The summed E-state index contributed by atoms with van der Waals surface area (Å²) >= 11 is -0.817. The summed E-state index contributed by atoms with van der Waals surface area (Å²) in [5, 5.41) is 1.84. The molecule has 1 radical (unpaired) electrons. The molecule has 0 aliphatic heterocycles. The van der Waals surface area contributed by atoms with Crippen LogP contribution in [0.4, 0.5) is 0 Å². The highest BCUT2D eigenvalue weighted by Gasteiger charge is 2.16. The topological polar surface area (TPSA) is 61.3 Å². The van der Waals surface area contributed by atoms with Gasteiger partial charge in [0.1, 0.15) is 22.5 Å². The summed E-state index contributed by atoms with van der Waals surface area (Å²) in [6.07, 6.45) is 7.08. The molecule has 2 aromatic heterocycles. The number of rotatable bonds is 9. The van der Waals surface area contributed by atoms with Crippen molar-refractivity contribution in [2.45, 2.75) is 32.6 Å². The van der Waals surface area contributed by atoms with E-state index in [9.17, 15) is 4.79 Å². The quantitative estimate of drug-likeness (QED) is 0.205. The van der Waals surface area contributed by atoms with Crippen molar-refractivity contribution in [1.82, 2.24) is 9.97 Å². The van der Waals surface area contributed by atoms with E-state index in [1.165, 1.54) is 0 Å². The molecule has 2 heterocycles. The molecule has 0 aliphatic carbocycles. The van der Waals surface area contributed by atoms with Gasteiger partial charge in [0.2, 0.25) is 0 Å². The summed E-state index contributed by atoms with van der Waals surface area (Å²) in [6.45, 7) is 2.13. The minimum Gasteiger partial charge on any atom is -0.614 e. The van der Waals surface area contributed by atoms with Gasteiger partial charge in [0, 0.05) is 35.2 Å². The average Bonchev–Trinajstić information content (AvgIpc) is 2.79. The van der Waals surface area contributed by atoms with E-state index in [1.807, 2.05) is 54.6 Å². The number of para-hydroxylation sites is 1. The van der Waals surface area contributed by atoms with Crippen molar-refractivity contribution in [1.29, 1.82) is 0 Å². The molecule has 149 valence electrons. The van der Waals surface area contributed by atoms with E-state index in [0.717, 1.165) is 35.6 Å². The molecule has 0 saturated heterocycles. The highest BCUT2D eigenvalue weighted by Crippen LogP contribution is 2.28. The second-order valence-electron chi connectivity index (χ2n) is 7.05. The molecule has 2 aromatic carbocycles. The molecule has 5 nitrogen and oxygen atoms in total. The number of carbonyl (C=O) groups excluding carboxylic acids is 1. The minimum atomic E-state index is -0.817. The molecule has 0 amide bonds. The summed E-state index contributed by atoms with van der Waals surface area (Å²) in [4.78, 5) is 21.5. The first-order valence-electron chi connectivity index (χ1n) is 10.2. The first-order valence-corrected chi connectivity index (χ1v) is 11.1. The predicted octanol–water partition coefficient (Wildman–Crippen LogP) is 5.54. The van der Waals surface area contributed by atoms with Gasteiger partial charge < -0.3 is 7.58 Å². The third-order valence-electron chi connectivity index (χ3n) is 4.99. The Labute approximate surface area is 182 Å². The molecule has 0 atom stereocenters. The number of hydrogen-bond donors (Lipinski definition) is 0. The fourth-order valence-corrected chi connectivity index (χ4v) is 4.09. The van der Waals surface area contributed by atoms with Gasteiger partial charge in [-0.3, -0.25) is 14.8 Å². The fraction of sp³-hybridized carbons (Fsp3) is 0.208. The zero-order chi connectivity index (χ0) is 20.8. The van der Waals surface area contributed by atoms with Crippen molar-refractivity contribution in [2.24, 2.45) is 0 Å². The number of benzene rings is 2. The highest BCUT2D eigenvalue weighted by atomic mass is 27.2. The Hall–Kier alpha value is -2.94. The van der Waals surface area contributed by atoms with Gasteiger partial charge in [0.05, 0.1) is 0 Å². The number of unbranched alkanes of at least 4 members (excludes halogenated alkanes) is 2. The molecule has 6 heteroatoms. The largest absolute Gasteiger partial charge is 0.882 e. The van der Waals surface area contributed by atoms with Crippen molar-refractivity contribution in [3.8, 4) is 11.5 Å². The lowest BCUT2D eigenvalue weighted by molar-refractivity contribution is 0.0981. The van der Waals surface area contributed by atoms with Crippen LogP contribution in [0.15, 0.2) is 67.0 Å². The summed E-state index contributed by atoms with van der Waals surface area (Å²) < 4.78 is 11.9. The smallest absolute Gasteiger partial charge is 0.614 e. The van der Waals surface area contributed by atoms with Crippen molar-refractivity contribution >= 4 is 43.5 Å². The Morgan fingerprint density at radius 1 is 0.867 bits per heavy atom. The number of hydrogen-bond acceptors (Lipinski definition) is 5. The number of carbonyl (C=O) groups is 1. The van der Waals surface area contributed by atoms with E-state index < -0.39 is 15.9 Å². The molecule has 30 heavy (non-hydrogen) atoms. The molecule has 0 aliphatic rings. The van der Waals surface area contributed by atoms with Crippen LogP contribution in [0, 0.1) is 0 Å². The van der Waals surface area contributed by atoms with Crippen LogP contribution in [0.1, 0.15) is 43.0 Å².